The van der Waals surface area contributed by atoms with E-state index in [1.165, 1.54) is 6.07 Å². The van der Waals surface area contributed by atoms with Crippen molar-refractivity contribution in [1.29, 1.82) is 0 Å². The number of aryl methyl sites for hydroxylation is 2. The summed E-state index contributed by atoms with van der Waals surface area (Å²) in [6, 6.07) is 5.19. The summed E-state index contributed by atoms with van der Waals surface area (Å²) in [5.41, 5.74) is 2.15. The van der Waals surface area contributed by atoms with E-state index >= 15 is 0 Å². The first-order chi connectivity index (χ1) is 8.04. The van der Waals surface area contributed by atoms with E-state index in [9.17, 15) is 10.2 Å². The molecule has 0 heterocycles. The Hall–Kier alpha value is -1.90. The van der Waals surface area contributed by atoms with Gasteiger partial charge in [-0.2, -0.15) is 0 Å². The molecule has 0 aliphatic heterocycles. The van der Waals surface area contributed by atoms with Crippen molar-refractivity contribution in [1.82, 2.24) is 0 Å². The number of aromatic hydroxyl groups is 2. The van der Waals surface area contributed by atoms with Gasteiger partial charge in [-0.25, -0.2) is 0 Å². The van der Waals surface area contributed by atoms with Gasteiger partial charge >= 0.3 is 0 Å². The Morgan fingerprint density at radius 2 is 1.59 bits per heavy atom. The number of rotatable bonds is 2. The minimum absolute atomic E-state index is 0.0859. The number of ether oxygens (including phenoxy) is 1. The highest BCUT2D eigenvalue weighted by Crippen LogP contribution is 2.41. The van der Waals surface area contributed by atoms with Crippen LogP contribution >= 0.6 is 0 Å². The molecule has 3 nitrogen and oxygen atoms in total. The van der Waals surface area contributed by atoms with Crippen molar-refractivity contribution in [2.24, 2.45) is 0 Å². The summed E-state index contributed by atoms with van der Waals surface area (Å²) in [5.74, 6) is 0.535. The molecule has 0 aliphatic carbocycles. The third-order valence-electron chi connectivity index (χ3n) is 2.97. The molecule has 2 rings (SSSR count). The molecule has 0 amide bonds. The molecule has 3 heteroatoms. The van der Waals surface area contributed by atoms with Crippen molar-refractivity contribution in [3.8, 4) is 17.2 Å². The molecule has 0 saturated carbocycles. The minimum atomic E-state index is 0.0859. The van der Waals surface area contributed by atoms with Crippen LogP contribution in [0.2, 0.25) is 0 Å². The molecule has 0 spiro atoms. The SMILES string of the molecule is CCOc1cc(O)c2cc(C)c(C)cc2c1O. The average Bonchev–Trinajstić information content (AvgIpc) is 2.29. The second-order valence-electron chi connectivity index (χ2n) is 4.16. The Balaban J connectivity index is 2.79. The summed E-state index contributed by atoms with van der Waals surface area (Å²) < 4.78 is 5.29. The normalized spacial score (nSPS) is 10.8. The van der Waals surface area contributed by atoms with Gasteiger partial charge in [0.2, 0.25) is 0 Å². The van der Waals surface area contributed by atoms with Gasteiger partial charge in [-0.3, -0.25) is 0 Å². The van der Waals surface area contributed by atoms with Crippen molar-refractivity contribution < 1.29 is 14.9 Å². The van der Waals surface area contributed by atoms with Crippen molar-refractivity contribution in [2.45, 2.75) is 20.8 Å². The molecule has 0 bridgehead atoms. The zero-order valence-corrected chi connectivity index (χ0v) is 10.2. The maximum absolute atomic E-state index is 10.1. The van der Waals surface area contributed by atoms with E-state index < -0.39 is 0 Å². The highest BCUT2D eigenvalue weighted by atomic mass is 16.5. The first-order valence-corrected chi connectivity index (χ1v) is 5.63. The Labute approximate surface area is 100 Å². The second kappa shape index (κ2) is 4.17. The third kappa shape index (κ3) is 1.88. The van der Waals surface area contributed by atoms with Crippen LogP contribution in [0.25, 0.3) is 10.8 Å². The van der Waals surface area contributed by atoms with Gasteiger partial charge in [-0.15, -0.1) is 0 Å². The smallest absolute Gasteiger partial charge is 0.165 e. The Kier molecular flexibility index (Phi) is 2.84. The lowest BCUT2D eigenvalue weighted by Gasteiger charge is -2.12. The van der Waals surface area contributed by atoms with E-state index in [0.29, 0.717) is 23.1 Å². The number of hydrogen-bond donors (Lipinski definition) is 2. The van der Waals surface area contributed by atoms with E-state index in [1.54, 1.807) is 0 Å². The molecular weight excluding hydrogens is 216 g/mol. The largest absolute Gasteiger partial charge is 0.507 e. The molecule has 0 saturated heterocycles. The van der Waals surface area contributed by atoms with Crippen molar-refractivity contribution >= 4 is 10.8 Å². The number of benzene rings is 2. The average molecular weight is 232 g/mol. The Morgan fingerprint density at radius 3 is 2.18 bits per heavy atom. The van der Waals surface area contributed by atoms with Crippen molar-refractivity contribution in [3.05, 3.63) is 29.3 Å². The zero-order valence-electron chi connectivity index (χ0n) is 10.2. The van der Waals surface area contributed by atoms with Gasteiger partial charge in [-0.05, 0) is 44.0 Å². The molecule has 0 radical (unpaired) electrons. The van der Waals surface area contributed by atoms with Crippen LogP contribution in [0.3, 0.4) is 0 Å². The fraction of sp³-hybridized carbons (Fsp3) is 0.286. The molecule has 90 valence electrons. The third-order valence-corrected chi connectivity index (χ3v) is 2.97. The van der Waals surface area contributed by atoms with Crippen LogP contribution in [0.4, 0.5) is 0 Å². The van der Waals surface area contributed by atoms with E-state index in [1.807, 2.05) is 32.9 Å². The lowest BCUT2D eigenvalue weighted by molar-refractivity contribution is 0.318. The highest BCUT2D eigenvalue weighted by molar-refractivity contribution is 5.96. The quantitative estimate of drug-likeness (QED) is 0.781. The molecule has 0 aromatic heterocycles. The predicted molar refractivity (Wildman–Crippen MR) is 67.9 cm³/mol. The van der Waals surface area contributed by atoms with Crippen LogP contribution in [-0.2, 0) is 0 Å². The summed E-state index contributed by atoms with van der Waals surface area (Å²) >= 11 is 0. The minimum Gasteiger partial charge on any atom is -0.507 e. The van der Waals surface area contributed by atoms with Gasteiger partial charge in [0.1, 0.15) is 5.75 Å². The van der Waals surface area contributed by atoms with Crippen LogP contribution in [0.1, 0.15) is 18.1 Å². The molecule has 17 heavy (non-hydrogen) atoms. The second-order valence-corrected chi connectivity index (χ2v) is 4.16. The topological polar surface area (TPSA) is 49.7 Å². The maximum atomic E-state index is 10.1. The van der Waals surface area contributed by atoms with Gasteiger partial charge in [0.05, 0.1) is 6.61 Å². The van der Waals surface area contributed by atoms with Gasteiger partial charge < -0.3 is 14.9 Å². The van der Waals surface area contributed by atoms with Gasteiger partial charge in [0.25, 0.3) is 0 Å². The van der Waals surface area contributed by atoms with Gasteiger partial charge in [0, 0.05) is 16.8 Å². The van der Waals surface area contributed by atoms with Crippen LogP contribution in [0, 0.1) is 13.8 Å². The fourth-order valence-electron chi connectivity index (χ4n) is 1.89. The van der Waals surface area contributed by atoms with Gasteiger partial charge in [0.15, 0.2) is 11.5 Å². The van der Waals surface area contributed by atoms with E-state index in [0.717, 1.165) is 11.1 Å². The summed E-state index contributed by atoms with van der Waals surface area (Å²) in [6.07, 6.45) is 0. The Bertz CT molecular complexity index is 573. The first-order valence-electron chi connectivity index (χ1n) is 5.63. The number of hydrogen-bond acceptors (Lipinski definition) is 3. The van der Waals surface area contributed by atoms with Crippen LogP contribution in [0.15, 0.2) is 18.2 Å². The van der Waals surface area contributed by atoms with Crippen LogP contribution in [-0.4, -0.2) is 16.8 Å². The van der Waals surface area contributed by atoms with Crippen molar-refractivity contribution in [2.75, 3.05) is 6.61 Å². The lowest BCUT2D eigenvalue weighted by atomic mass is 10.0. The Morgan fingerprint density at radius 1 is 1.00 bits per heavy atom. The molecule has 0 fully saturated rings. The monoisotopic (exact) mass is 232 g/mol. The maximum Gasteiger partial charge on any atom is 0.165 e. The predicted octanol–water partition coefficient (Wildman–Crippen LogP) is 3.27. The number of fused-ring (bicyclic) bond motifs is 1. The molecular formula is C14H16O3. The first kappa shape index (κ1) is 11.6. The standard InChI is InChI=1S/C14H16O3/c1-4-17-13-7-12(15)10-5-8(2)9(3)6-11(10)14(13)16/h5-7,15-16H,4H2,1-3H3. The van der Waals surface area contributed by atoms with E-state index in [4.69, 9.17) is 4.74 Å². The molecule has 2 N–H and O–H groups in total. The zero-order chi connectivity index (χ0) is 12.6. The lowest BCUT2D eigenvalue weighted by Crippen LogP contribution is -1.93. The van der Waals surface area contributed by atoms with E-state index in [-0.39, 0.29) is 11.5 Å². The highest BCUT2D eigenvalue weighted by Gasteiger charge is 2.12. The molecule has 2 aromatic carbocycles. The fourth-order valence-corrected chi connectivity index (χ4v) is 1.89. The summed E-state index contributed by atoms with van der Waals surface area (Å²) in [7, 11) is 0. The van der Waals surface area contributed by atoms with Gasteiger partial charge in [-0.1, -0.05) is 0 Å². The number of phenolic OH excluding ortho intramolecular Hbond substituents is 2. The summed E-state index contributed by atoms with van der Waals surface area (Å²) in [4.78, 5) is 0. The molecule has 0 unspecified atom stereocenters. The summed E-state index contributed by atoms with van der Waals surface area (Å²) in [6.45, 7) is 6.23. The van der Waals surface area contributed by atoms with E-state index in [2.05, 4.69) is 0 Å². The number of phenols is 2. The van der Waals surface area contributed by atoms with Crippen molar-refractivity contribution in [3.63, 3.8) is 0 Å². The molecule has 2 aromatic rings. The van der Waals surface area contributed by atoms with Crippen LogP contribution in [0.5, 0.6) is 17.2 Å². The molecule has 0 aliphatic rings. The molecule has 0 atom stereocenters. The summed E-state index contributed by atoms with van der Waals surface area (Å²) in [5, 5.41) is 21.3. The van der Waals surface area contributed by atoms with Crippen LogP contribution < -0.4 is 4.74 Å².